The van der Waals surface area contributed by atoms with Crippen LogP contribution in [-0.4, -0.2) is 25.1 Å². The van der Waals surface area contributed by atoms with Gasteiger partial charge in [0.25, 0.3) is 0 Å². The van der Waals surface area contributed by atoms with Crippen LogP contribution in [-0.2, 0) is 0 Å². The Morgan fingerprint density at radius 3 is 2.71 bits per heavy atom. The number of aromatic nitrogens is 5. The van der Waals surface area contributed by atoms with Gasteiger partial charge in [-0.05, 0) is 67.7 Å². The molecule has 0 unspecified atom stereocenters. The van der Waals surface area contributed by atoms with Gasteiger partial charge in [0, 0.05) is 34.1 Å². The predicted octanol–water partition coefficient (Wildman–Crippen LogP) is 7.29. The van der Waals surface area contributed by atoms with E-state index in [2.05, 4.69) is 38.6 Å². The quantitative estimate of drug-likeness (QED) is 0.195. The number of allylic oxidation sites excluding steroid dienone is 5. The number of benzene rings is 1. The lowest BCUT2D eigenvalue weighted by atomic mass is 10.0. The first-order valence-electron chi connectivity index (χ1n) is 12.6. The van der Waals surface area contributed by atoms with Crippen molar-refractivity contribution in [2.24, 2.45) is 5.92 Å². The maximum atomic E-state index is 14.6. The lowest BCUT2D eigenvalue weighted by Gasteiger charge is -2.11. The highest BCUT2D eigenvalue weighted by Gasteiger charge is 2.24. The molecule has 0 bridgehead atoms. The molecule has 6 rings (SSSR count). The number of H-pyrrole nitrogens is 2. The minimum atomic E-state index is -0.290. The second kappa shape index (κ2) is 9.59. The maximum absolute atomic E-state index is 14.6. The molecular formula is C31H27FN6. The Hall–Kier alpha value is -4.78. The van der Waals surface area contributed by atoms with Crippen molar-refractivity contribution < 1.29 is 4.39 Å². The summed E-state index contributed by atoms with van der Waals surface area (Å²) in [5.41, 5.74) is 8.69. The van der Waals surface area contributed by atoms with E-state index >= 15 is 0 Å². The third-order valence-corrected chi connectivity index (χ3v) is 6.89. The molecule has 3 N–H and O–H groups in total. The number of nitrogens with zero attached hydrogens (tertiary/aromatic N) is 3. The number of rotatable bonds is 8. The molecule has 0 saturated heterocycles. The van der Waals surface area contributed by atoms with Crippen molar-refractivity contribution in [2.75, 3.05) is 0 Å². The van der Waals surface area contributed by atoms with Crippen LogP contribution in [0.3, 0.4) is 0 Å². The van der Waals surface area contributed by atoms with Crippen molar-refractivity contribution in [1.29, 1.82) is 0 Å². The molecule has 188 valence electrons. The Morgan fingerprint density at radius 1 is 1.11 bits per heavy atom. The summed E-state index contributed by atoms with van der Waals surface area (Å²) in [6, 6.07) is 12.6. The lowest BCUT2D eigenvalue weighted by Crippen LogP contribution is -2.11. The Bertz CT molecular complexity index is 1770. The zero-order valence-corrected chi connectivity index (χ0v) is 21.1. The second-order valence-corrected chi connectivity index (χ2v) is 9.45. The first-order chi connectivity index (χ1) is 18.6. The molecule has 4 heterocycles. The largest absolute Gasteiger partial charge is 0.359 e. The number of hydrogen-bond acceptors (Lipinski definition) is 4. The highest BCUT2D eigenvalue weighted by atomic mass is 19.1. The van der Waals surface area contributed by atoms with Gasteiger partial charge in [0.05, 0.1) is 28.6 Å². The van der Waals surface area contributed by atoms with Crippen LogP contribution < -0.4 is 5.32 Å². The molecule has 1 aromatic carbocycles. The molecule has 0 aliphatic heterocycles. The van der Waals surface area contributed by atoms with E-state index in [0.29, 0.717) is 17.2 Å². The van der Waals surface area contributed by atoms with Crippen LogP contribution in [0.5, 0.6) is 0 Å². The molecule has 0 atom stereocenters. The van der Waals surface area contributed by atoms with E-state index in [0.717, 1.165) is 55.9 Å². The number of hydrogen-bond donors (Lipinski definition) is 3. The highest BCUT2D eigenvalue weighted by molar-refractivity contribution is 6.00. The average Bonchev–Trinajstić information content (AvgIpc) is 3.57. The molecule has 4 aromatic heterocycles. The number of pyridine rings is 2. The van der Waals surface area contributed by atoms with E-state index in [4.69, 9.17) is 4.98 Å². The summed E-state index contributed by atoms with van der Waals surface area (Å²) in [5.74, 6) is 0.253. The summed E-state index contributed by atoms with van der Waals surface area (Å²) < 4.78 is 14.6. The van der Waals surface area contributed by atoms with Gasteiger partial charge >= 0.3 is 0 Å². The summed E-state index contributed by atoms with van der Waals surface area (Å²) in [6.45, 7) is 10.1. The SMILES string of the molecule is C=C/C(=C\C(=C/C)c1ccc2[nH]nc(-c3cc4c(-c5ccccc5F)cncc4[nH]3)c2n1)NC(=C)C1CC1. The Morgan fingerprint density at radius 2 is 1.95 bits per heavy atom. The normalized spacial score (nSPS) is 14.3. The zero-order valence-electron chi connectivity index (χ0n) is 21.1. The smallest absolute Gasteiger partial charge is 0.135 e. The predicted molar refractivity (Wildman–Crippen MR) is 151 cm³/mol. The minimum Gasteiger partial charge on any atom is -0.359 e. The van der Waals surface area contributed by atoms with Crippen LogP contribution in [0.2, 0.25) is 0 Å². The van der Waals surface area contributed by atoms with Crippen molar-refractivity contribution in [3.63, 3.8) is 0 Å². The minimum absolute atomic E-state index is 0.290. The molecule has 1 fully saturated rings. The fourth-order valence-electron chi connectivity index (χ4n) is 4.66. The number of halogens is 1. The van der Waals surface area contributed by atoms with E-state index in [1.807, 2.05) is 43.3 Å². The van der Waals surface area contributed by atoms with Crippen molar-refractivity contribution in [3.05, 3.63) is 109 Å². The van der Waals surface area contributed by atoms with Gasteiger partial charge < -0.3 is 10.3 Å². The topological polar surface area (TPSA) is 82.3 Å². The molecule has 0 amide bonds. The maximum Gasteiger partial charge on any atom is 0.135 e. The van der Waals surface area contributed by atoms with E-state index in [-0.39, 0.29) is 5.82 Å². The average molecular weight is 503 g/mol. The summed E-state index contributed by atoms with van der Waals surface area (Å²) in [6.07, 6.45) is 11.6. The molecule has 1 aliphatic rings. The van der Waals surface area contributed by atoms with Crippen LogP contribution in [0.25, 0.3) is 50.0 Å². The lowest BCUT2D eigenvalue weighted by molar-refractivity contribution is 0.631. The number of fused-ring (bicyclic) bond motifs is 2. The number of aromatic amines is 2. The molecule has 1 saturated carbocycles. The van der Waals surface area contributed by atoms with Gasteiger partial charge in [-0.15, -0.1) is 0 Å². The summed E-state index contributed by atoms with van der Waals surface area (Å²) in [4.78, 5) is 12.7. The van der Waals surface area contributed by atoms with Gasteiger partial charge in [-0.2, -0.15) is 5.10 Å². The fourth-order valence-corrected chi connectivity index (χ4v) is 4.66. The summed E-state index contributed by atoms with van der Waals surface area (Å²) in [5, 5.41) is 11.9. The van der Waals surface area contributed by atoms with Gasteiger partial charge in [0.2, 0.25) is 0 Å². The van der Waals surface area contributed by atoms with E-state index in [1.165, 1.54) is 18.9 Å². The Balaban J connectivity index is 1.40. The third kappa shape index (κ3) is 4.32. The molecule has 0 radical (unpaired) electrons. The van der Waals surface area contributed by atoms with Crippen LogP contribution in [0.1, 0.15) is 25.5 Å². The van der Waals surface area contributed by atoms with Crippen molar-refractivity contribution >= 4 is 27.5 Å². The summed E-state index contributed by atoms with van der Waals surface area (Å²) in [7, 11) is 0. The molecule has 38 heavy (non-hydrogen) atoms. The molecule has 5 aromatic rings. The third-order valence-electron chi connectivity index (χ3n) is 6.89. The van der Waals surface area contributed by atoms with Crippen LogP contribution >= 0.6 is 0 Å². The van der Waals surface area contributed by atoms with Crippen molar-refractivity contribution in [1.82, 2.24) is 30.5 Å². The first kappa shape index (κ1) is 23.6. The van der Waals surface area contributed by atoms with Gasteiger partial charge in [-0.1, -0.05) is 37.4 Å². The van der Waals surface area contributed by atoms with Gasteiger partial charge in [-0.25, -0.2) is 9.37 Å². The Kier molecular flexibility index (Phi) is 5.96. The Labute approximate surface area is 219 Å². The van der Waals surface area contributed by atoms with E-state index in [1.54, 1.807) is 30.6 Å². The first-order valence-corrected chi connectivity index (χ1v) is 12.6. The van der Waals surface area contributed by atoms with Crippen molar-refractivity contribution in [2.45, 2.75) is 19.8 Å². The van der Waals surface area contributed by atoms with Gasteiger partial charge in [0.15, 0.2) is 0 Å². The van der Waals surface area contributed by atoms with Gasteiger partial charge in [-0.3, -0.25) is 10.1 Å². The fraction of sp³-hybridized carbons (Fsp3) is 0.129. The molecule has 6 nitrogen and oxygen atoms in total. The van der Waals surface area contributed by atoms with Crippen molar-refractivity contribution in [3.8, 4) is 22.5 Å². The highest BCUT2D eigenvalue weighted by Crippen LogP contribution is 2.35. The molecule has 0 spiro atoms. The molecule has 7 heteroatoms. The second-order valence-electron chi connectivity index (χ2n) is 9.45. The van der Waals surface area contributed by atoms with Crippen LogP contribution in [0.15, 0.2) is 97.6 Å². The van der Waals surface area contributed by atoms with E-state index in [9.17, 15) is 4.39 Å². The van der Waals surface area contributed by atoms with Crippen LogP contribution in [0, 0.1) is 11.7 Å². The summed E-state index contributed by atoms with van der Waals surface area (Å²) >= 11 is 0. The van der Waals surface area contributed by atoms with Gasteiger partial charge in [0.1, 0.15) is 17.0 Å². The van der Waals surface area contributed by atoms with E-state index < -0.39 is 0 Å². The molecule has 1 aliphatic carbocycles. The van der Waals surface area contributed by atoms with Crippen LogP contribution in [0.4, 0.5) is 4.39 Å². The molecular weight excluding hydrogens is 475 g/mol. The standard InChI is InChI=1S/C31H27FN6/c1-4-19(14-21(5-2)34-18(3)20-10-11-20)26-12-13-27-30(36-26)31(38-37-27)28-15-23-24(16-33-17-29(23)35-28)22-8-6-7-9-25(22)32/h4-9,12-17,20,34-35H,2-3,10-11H2,1H3,(H,37,38)/b19-4+,21-14+. The number of nitrogens with one attached hydrogen (secondary N) is 3. The zero-order chi connectivity index (χ0) is 26.2. The monoisotopic (exact) mass is 502 g/mol.